The highest BCUT2D eigenvalue weighted by Gasteiger charge is 2.22. The van der Waals surface area contributed by atoms with Crippen LogP contribution < -0.4 is 5.32 Å². The Morgan fingerprint density at radius 3 is 2.72 bits per heavy atom. The number of amides is 2. The summed E-state index contributed by atoms with van der Waals surface area (Å²) in [7, 11) is 1.79. The van der Waals surface area contributed by atoms with Crippen LogP contribution in [0.1, 0.15) is 25.3 Å². The number of likely N-dealkylation sites (tertiary alicyclic amines) is 1. The molecule has 1 aliphatic rings. The first-order valence-corrected chi connectivity index (χ1v) is 8.89. The second-order valence-electron chi connectivity index (χ2n) is 6.87. The maximum absolute atomic E-state index is 13.0. The summed E-state index contributed by atoms with van der Waals surface area (Å²) in [6, 6.07) is 6.68. The molecule has 0 saturated carbocycles. The van der Waals surface area contributed by atoms with Crippen molar-refractivity contribution in [1.82, 2.24) is 15.1 Å². The van der Waals surface area contributed by atoms with Crippen molar-refractivity contribution < 1.29 is 14.0 Å². The van der Waals surface area contributed by atoms with Gasteiger partial charge in [0.05, 0.1) is 6.54 Å². The molecule has 25 heavy (non-hydrogen) atoms. The molecule has 6 heteroatoms. The Bertz CT molecular complexity index is 577. The molecule has 0 radical (unpaired) electrons. The summed E-state index contributed by atoms with van der Waals surface area (Å²) < 4.78 is 13.0. The number of rotatable bonds is 7. The van der Waals surface area contributed by atoms with Crippen LogP contribution >= 0.6 is 0 Å². The van der Waals surface area contributed by atoms with Gasteiger partial charge in [-0.15, -0.1) is 0 Å². The average molecular weight is 349 g/mol. The van der Waals surface area contributed by atoms with Crippen molar-refractivity contribution >= 4 is 11.8 Å². The number of hydrogen-bond acceptors (Lipinski definition) is 3. The predicted molar refractivity (Wildman–Crippen MR) is 95.6 cm³/mol. The van der Waals surface area contributed by atoms with Gasteiger partial charge in [0.1, 0.15) is 5.82 Å². The zero-order chi connectivity index (χ0) is 18.2. The molecule has 1 N–H and O–H groups in total. The third-order valence-corrected chi connectivity index (χ3v) is 4.68. The molecule has 1 aromatic carbocycles. The van der Waals surface area contributed by atoms with Crippen molar-refractivity contribution in [3.63, 3.8) is 0 Å². The minimum Gasteiger partial charge on any atom is -0.347 e. The van der Waals surface area contributed by atoms with Crippen molar-refractivity contribution in [2.75, 3.05) is 39.8 Å². The smallest absolute Gasteiger partial charge is 0.241 e. The summed E-state index contributed by atoms with van der Waals surface area (Å²) in [5.41, 5.74) is 1.14. The molecule has 0 unspecified atom stereocenters. The fraction of sp³-hybridized carbons (Fsp3) is 0.579. The first-order valence-electron chi connectivity index (χ1n) is 8.89. The van der Waals surface area contributed by atoms with E-state index >= 15 is 0 Å². The van der Waals surface area contributed by atoms with Crippen LogP contribution in [0.5, 0.6) is 0 Å². The van der Waals surface area contributed by atoms with Crippen LogP contribution in [0.4, 0.5) is 4.39 Å². The lowest BCUT2D eigenvalue weighted by Gasteiger charge is -2.34. The number of likely N-dealkylation sites (N-methyl/N-ethyl adjacent to an activating group) is 1. The fourth-order valence-corrected chi connectivity index (χ4v) is 3.27. The summed E-state index contributed by atoms with van der Waals surface area (Å²) >= 11 is 0. The summed E-state index contributed by atoms with van der Waals surface area (Å²) in [6.45, 7) is 5.18. The number of piperidine rings is 1. The van der Waals surface area contributed by atoms with E-state index < -0.39 is 0 Å². The molecule has 1 saturated heterocycles. The Morgan fingerprint density at radius 2 is 2.04 bits per heavy atom. The van der Waals surface area contributed by atoms with Gasteiger partial charge in [-0.05, 0) is 49.4 Å². The van der Waals surface area contributed by atoms with E-state index in [-0.39, 0.29) is 24.2 Å². The zero-order valence-corrected chi connectivity index (χ0v) is 15.1. The van der Waals surface area contributed by atoms with Crippen molar-refractivity contribution in [3.05, 3.63) is 35.6 Å². The van der Waals surface area contributed by atoms with E-state index in [1.54, 1.807) is 11.9 Å². The van der Waals surface area contributed by atoms with Gasteiger partial charge in [-0.3, -0.25) is 9.59 Å². The molecule has 2 rings (SSSR count). The van der Waals surface area contributed by atoms with Gasteiger partial charge in [-0.1, -0.05) is 12.1 Å². The zero-order valence-electron chi connectivity index (χ0n) is 15.1. The molecule has 138 valence electrons. The number of carbonyl (C=O) groups is 2. The second-order valence-corrected chi connectivity index (χ2v) is 6.87. The Hall–Kier alpha value is -1.95. The molecule has 1 atom stereocenters. The van der Waals surface area contributed by atoms with Gasteiger partial charge in [0.15, 0.2) is 0 Å². The van der Waals surface area contributed by atoms with Crippen LogP contribution in [-0.2, 0) is 16.0 Å². The Labute approximate surface area is 149 Å². The number of benzene rings is 1. The lowest BCUT2D eigenvalue weighted by atomic mass is 9.97. The highest BCUT2D eigenvalue weighted by atomic mass is 19.1. The minimum atomic E-state index is -0.200. The van der Waals surface area contributed by atoms with Gasteiger partial charge >= 0.3 is 0 Å². The number of halogens is 1. The van der Waals surface area contributed by atoms with Gasteiger partial charge in [0, 0.05) is 33.6 Å². The SMILES string of the molecule is CC(=O)NCC(=O)N(C)C[C@H]1CCCN(CCc2ccc(F)cc2)C1. The van der Waals surface area contributed by atoms with E-state index in [1.165, 1.54) is 19.1 Å². The molecule has 0 aromatic heterocycles. The van der Waals surface area contributed by atoms with Gasteiger partial charge in [-0.2, -0.15) is 0 Å². The summed E-state index contributed by atoms with van der Waals surface area (Å²) in [5.74, 6) is 0.00650. The van der Waals surface area contributed by atoms with Crippen molar-refractivity contribution in [1.29, 1.82) is 0 Å². The molecule has 5 nitrogen and oxygen atoms in total. The van der Waals surface area contributed by atoms with Crippen molar-refractivity contribution in [2.45, 2.75) is 26.2 Å². The topological polar surface area (TPSA) is 52.7 Å². The van der Waals surface area contributed by atoms with E-state index in [4.69, 9.17) is 0 Å². The van der Waals surface area contributed by atoms with Crippen LogP contribution in [0.3, 0.4) is 0 Å². The van der Waals surface area contributed by atoms with Crippen LogP contribution in [-0.4, -0.2) is 61.4 Å². The van der Waals surface area contributed by atoms with Gasteiger partial charge in [0.25, 0.3) is 0 Å². The molecule has 1 fully saturated rings. The Kier molecular flexibility index (Phi) is 7.37. The third kappa shape index (κ3) is 6.82. The van der Waals surface area contributed by atoms with Gasteiger partial charge in [0.2, 0.25) is 11.8 Å². The molecule has 0 aliphatic carbocycles. The van der Waals surface area contributed by atoms with Gasteiger partial charge in [-0.25, -0.2) is 4.39 Å². The third-order valence-electron chi connectivity index (χ3n) is 4.68. The molecule has 0 spiro atoms. The van der Waals surface area contributed by atoms with Crippen LogP contribution in [0.25, 0.3) is 0 Å². The van der Waals surface area contributed by atoms with E-state index in [2.05, 4.69) is 10.2 Å². The van der Waals surface area contributed by atoms with E-state index in [9.17, 15) is 14.0 Å². The summed E-state index contributed by atoms with van der Waals surface area (Å²) in [5, 5.41) is 2.55. The fourth-order valence-electron chi connectivity index (χ4n) is 3.27. The van der Waals surface area contributed by atoms with Crippen molar-refractivity contribution in [2.24, 2.45) is 5.92 Å². The van der Waals surface area contributed by atoms with E-state index in [0.717, 1.165) is 44.5 Å². The van der Waals surface area contributed by atoms with Gasteiger partial charge < -0.3 is 15.1 Å². The van der Waals surface area contributed by atoms with Crippen LogP contribution in [0.2, 0.25) is 0 Å². The lowest BCUT2D eigenvalue weighted by molar-refractivity contribution is -0.132. The molecular weight excluding hydrogens is 321 g/mol. The van der Waals surface area contributed by atoms with Crippen LogP contribution in [0, 0.1) is 11.7 Å². The number of nitrogens with one attached hydrogen (secondary N) is 1. The molecular formula is C19H28FN3O2. The highest BCUT2D eigenvalue weighted by molar-refractivity contribution is 5.83. The Morgan fingerprint density at radius 1 is 1.32 bits per heavy atom. The maximum Gasteiger partial charge on any atom is 0.241 e. The molecule has 0 bridgehead atoms. The standard InChI is InChI=1S/C19H28FN3O2/c1-15(24)21-12-19(25)22(2)13-17-4-3-10-23(14-17)11-9-16-5-7-18(20)8-6-16/h5-8,17H,3-4,9-14H2,1-2H3,(H,21,24)/t17-/m1/s1. The van der Waals surface area contributed by atoms with Crippen molar-refractivity contribution in [3.8, 4) is 0 Å². The lowest BCUT2D eigenvalue weighted by Crippen LogP contribution is -2.44. The molecule has 1 aromatic rings. The largest absolute Gasteiger partial charge is 0.347 e. The van der Waals surface area contributed by atoms with Crippen LogP contribution in [0.15, 0.2) is 24.3 Å². The first kappa shape index (κ1) is 19.4. The summed E-state index contributed by atoms with van der Waals surface area (Å²) in [6.07, 6.45) is 3.15. The van der Waals surface area contributed by atoms with E-state index in [0.29, 0.717) is 12.5 Å². The second kappa shape index (κ2) is 9.51. The maximum atomic E-state index is 13.0. The minimum absolute atomic E-state index is 0.0568. The quantitative estimate of drug-likeness (QED) is 0.815. The predicted octanol–water partition coefficient (Wildman–Crippen LogP) is 1.67. The highest BCUT2D eigenvalue weighted by Crippen LogP contribution is 2.18. The monoisotopic (exact) mass is 349 g/mol. The first-order chi connectivity index (χ1) is 11.9. The number of hydrogen-bond donors (Lipinski definition) is 1. The number of carbonyl (C=O) groups excluding carboxylic acids is 2. The summed E-state index contributed by atoms with van der Waals surface area (Å²) in [4.78, 5) is 27.0. The Balaban J connectivity index is 1.75. The normalized spacial score (nSPS) is 18.0. The molecule has 2 amide bonds. The number of nitrogens with zero attached hydrogens (tertiary/aromatic N) is 2. The van der Waals surface area contributed by atoms with E-state index in [1.807, 2.05) is 12.1 Å². The molecule has 1 heterocycles. The average Bonchev–Trinajstić information content (AvgIpc) is 2.59. The molecule has 1 aliphatic heterocycles.